The molecule has 4 rings (SSSR count). The highest BCUT2D eigenvalue weighted by molar-refractivity contribution is 6.36. The number of nitrogens with one attached hydrogen (secondary N) is 1. The van der Waals surface area contributed by atoms with E-state index >= 15 is 0 Å². The van der Waals surface area contributed by atoms with Crippen molar-refractivity contribution in [3.05, 3.63) is 107 Å². The Morgan fingerprint density at radius 2 is 1.45 bits per heavy atom. The second kappa shape index (κ2) is 8.62. The van der Waals surface area contributed by atoms with Crippen LogP contribution in [-0.4, -0.2) is 16.7 Å². The third-order valence-corrected chi connectivity index (χ3v) is 5.61. The van der Waals surface area contributed by atoms with Crippen molar-refractivity contribution in [1.29, 1.82) is 0 Å². The van der Waals surface area contributed by atoms with Gasteiger partial charge in [0.1, 0.15) is 17.3 Å². The van der Waals surface area contributed by atoms with E-state index in [1.54, 1.807) is 12.1 Å². The van der Waals surface area contributed by atoms with Gasteiger partial charge in [0.2, 0.25) is 0 Å². The molecule has 6 heteroatoms. The number of nitrogens with zero attached hydrogens (tertiary/aromatic N) is 1. The van der Waals surface area contributed by atoms with E-state index in [9.17, 15) is 18.4 Å². The van der Waals surface area contributed by atoms with Crippen molar-refractivity contribution in [2.75, 3.05) is 5.32 Å². The standard InChI is InChI=1S/C27H24F2N2O2/c1-27(2,3)19-10-14-21(15-11-19)30-24-23(17-8-12-20(28)13-9-17)25(32)31(26(24)33)16-18-6-4-5-7-22(18)29/h4-15,30H,16H2,1-3H3. The summed E-state index contributed by atoms with van der Waals surface area (Å²) in [6.45, 7) is 6.10. The quantitative estimate of drug-likeness (QED) is 0.515. The smallest absolute Gasteiger partial charge is 0.278 e. The van der Waals surface area contributed by atoms with Crippen molar-refractivity contribution in [2.45, 2.75) is 32.7 Å². The molecule has 0 atom stereocenters. The fourth-order valence-electron chi connectivity index (χ4n) is 3.71. The predicted molar refractivity (Wildman–Crippen MR) is 124 cm³/mol. The monoisotopic (exact) mass is 446 g/mol. The van der Waals surface area contributed by atoms with Crippen LogP contribution in [-0.2, 0) is 21.5 Å². The van der Waals surface area contributed by atoms with Crippen molar-refractivity contribution in [1.82, 2.24) is 4.90 Å². The van der Waals surface area contributed by atoms with Crippen LogP contribution in [0.1, 0.15) is 37.5 Å². The Labute approximate surface area is 191 Å². The molecular formula is C27H24F2N2O2. The molecule has 168 valence electrons. The zero-order valence-corrected chi connectivity index (χ0v) is 18.7. The summed E-state index contributed by atoms with van der Waals surface area (Å²) in [6.07, 6.45) is 0. The molecular weight excluding hydrogens is 422 g/mol. The number of hydrogen-bond donors (Lipinski definition) is 1. The first kappa shape index (κ1) is 22.4. The number of imide groups is 1. The van der Waals surface area contributed by atoms with Crippen LogP contribution in [0.2, 0.25) is 0 Å². The topological polar surface area (TPSA) is 49.4 Å². The lowest BCUT2D eigenvalue weighted by Gasteiger charge is -2.19. The van der Waals surface area contributed by atoms with Gasteiger partial charge in [0.05, 0.1) is 12.1 Å². The van der Waals surface area contributed by atoms with Gasteiger partial charge in [0, 0.05) is 11.3 Å². The second-order valence-electron chi connectivity index (χ2n) is 9.00. The lowest BCUT2D eigenvalue weighted by atomic mass is 9.87. The Morgan fingerprint density at radius 1 is 0.818 bits per heavy atom. The number of hydrogen-bond acceptors (Lipinski definition) is 3. The molecule has 1 aliphatic rings. The minimum atomic E-state index is -0.567. The first-order valence-corrected chi connectivity index (χ1v) is 10.6. The van der Waals surface area contributed by atoms with Gasteiger partial charge < -0.3 is 5.32 Å². The van der Waals surface area contributed by atoms with Crippen LogP contribution in [0.5, 0.6) is 0 Å². The summed E-state index contributed by atoms with van der Waals surface area (Å²) >= 11 is 0. The van der Waals surface area contributed by atoms with E-state index in [4.69, 9.17) is 0 Å². The van der Waals surface area contributed by atoms with Gasteiger partial charge in [-0.2, -0.15) is 0 Å². The Balaban J connectivity index is 1.72. The number of rotatable bonds is 5. The molecule has 0 aliphatic carbocycles. The van der Waals surface area contributed by atoms with Crippen molar-refractivity contribution in [2.24, 2.45) is 0 Å². The maximum absolute atomic E-state index is 14.2. The van der Waals surface area contributed by atoms with E-state index in [0.29, 0.717) is 11.3 Å². The Morgan fingerprint density at radius 3 is 2.06 bits per heavy atom. The number of halogens is 2. The van der Waals surface area contributed by atoms with Crippen LogP contribution >= 0.6 is 0 Å². The molecule has 0 fully saturated rings. The van der Waals surface area contributed by atoms with Gasteiger partial charge in [0.25, 0.3) is 11.8 Å². The predicted octanol–water partition coefficient (Wildman–Crippen LogP) is 5.65. The highest BCUT2D eigenvalue weighted by atomic mass is 19.1. The average molecular weight is 446 g/mol. The molecule has 4 nitrogen and oxygen atoms in total. The molecule has 0 radical (unpaired) electrons. The van der Waals surface area contributed by atoms with Crippen LogP contribution in [0.25, 0.3) is 5.57 Å². The van der Waals surface area contributed by atoms with E-state index in [1.165, 1.54) is 36.4 Å². The largest absolute Gasteiger partial charge is 0.350 e. The minimum Gasteiger partial charge on any atom is -0.350 e. The summed E-state index contributed by atoms with van der Waals surface area (Å²) in [5, 5.41) is 3.07. The second-order valence-corrected chi connectivity index (χ2v) is 9.00. The summed E-state index contributed by atoms with van der Waals surface area (Å²) in [7, 11) is 0. The fourth-order valence-corrected chi connectivity index (χ4v) is 3.71. The third-order valence-electron chi connectivity index (χ3n) is 5.61. The molecule has 0 aromatic heterocycles. The van der Waals surface area contributed by atoms with Crippen LogP contribution < -0.4 is 5.32 Å². The summed E-state index contributed by atoms with van der Waals surface area (Å²) in [6, 6.07) is 19.0. The van der Waals surface area contributed by atoms with Gasteiger partial charge in [-0.3, -0.25) is 14.5 Å². The zero-order valence-electron chi connectivity index (χ0n) is 18.7. The summed E-state index contributed by atoms with van der Waals surface area (Å²) < 4.78 is 27.7. The molecule has 1 N–H and O–H groups in total. The molecule has 0 saturated heterocycles. The van der Waals surface area contributed by atoms with E-state index in [2.05, 4.69) is 26.1 Å². The Hall–Kier alpha value is -3.80. The maximum Gasteiger partial charge on any atom is 0.278 e. The van der Waals surface area contributed by atoms with Crippen LogP contribution in [0.15, 0.2) is 78.5 Å². The SMILES string of the molecule is CC(C)(C)c1ccc(NC2=C(c3ccc(F)cc3)C(=O)N(Cc3ccccc3F)C2=O)cc1. The van der Waals surface area contributed by atoms with Crippen LogP contribution in [0.3, 0.4) is 0 Å². The number of amides is 2. The normalized spacial score (nSPS) is 14.3. The van der Waals surface area contributed by atoms with Crippen molar-refractivity contribution in [3.63, 3.8) is 0 Å². The molecule has 2 amide bonds. The summed E-state index contributed by atoms with van der Waals surface area (Å²) in [5.41, 5.74) is 2.55. The molecule has 0 unspecified atom stereocenters. The highest BCUT2D eigenvalue weighted by Gasteiger charge is 2.39. The van der Waals surface area contributed by atoms with Gasteiger partial charge in [-0.1, -0.05) is 63.2 Å². The highest BCUT2D eigenvalue weighted by Crippen LogP contribution is 2.32. The molecule has 1 aliphatic heterocycles. The molecule has 3 aromatic carbocycles. The molecule has 0 bridgehead atoms. The van der Waals surface area contributed by atoms with Gasteiger partial charge in [-0.25, -0.2) is 8.78 Å². The van der Waals surface area contributed by atoms with E-state index in [-0.39, 0.29) is 28.8 Å². The van der Waals surface area contributed by atoms with Crippen LogP contribution in [0.4, 0.5) is 14.5 Å². The van der Waals surface area contributed by atoms with Crippen molar-refractivity contribution < 1.29 is 18.4 Å². The third kappa shape index (κ3) is 4.55. The fraction of sp³-hybridized carbons (Fsp3) is 0.185. The summed E-state index contributed by atoms with van der Waals surface area (Å²) in [5.74, 6) is -2.08. The van der Waals surface area contributed by atoms with Gasteiger partial charge in [-0.05, 0) is 46.9 Å². The van der Waals surface area contributed by atoms with Gasteiger partial charge >= 0.3 is 0 Å². The number of benzene rings is 3. The lowest BCUT2D eigenvalue weighted by molar-refractivity contribution is -0.137. The van der Waals surface area contributed by atoms with Crippen LogP contribution in [0, 0.1) is 11.6 Å². The Kier molecular flexibility index (Phi) is 5.85. The van der Waals surface area contributed by atoms with Gasteiger partial charge in [0.15, 0.2) is 0 Å². The molecule has 1 heterocycles. The number of carbonyl (C=O) groups excluding carboxylic acids is 2. The number of anilines is 1. The van der Waals surface area contributed by atoms with Crippen molar-refractivity contribution in [3.8, 4) is 0 Å². The van der Waals surface area contributed by atoms with E-state index in [0.717, 1.165) is 10.5 Å². The first-order chi connectivity index (χ1) is 15.6. The van der Waals surface area contributed by atoms with Gasteiger partial charge in [-0.15, -0.1) is 0 Å². The molecule has 3 aromatic rings. The van der Waals surface area contributed by atoms with E-state index in [1.807, 2.05) is 24.3 Å². The molecule has 0 saturated carbocycles. The van der Waals surface area contributed by atoms with E-state index < -0.39 is 23.4 Å². The zero-order chi connectivity index (χ0) is 23.8. The number of carbonyl (C=O) groups is 2. The molecule has 0 spiro atoms. The lowest BCUT2D eigenvalue weighted by Crippen LogP contribution is -2.32. The average Bonchev–Trinajstić information content (AvgIpc) is 3.00. The first-order valence-electron chi connectivity index (χ1n) is 10.6. The Bertz CT molecular complexity index is 1240. The molecule has 33 heavy (non-hydrogen) atoms. The van der Waals surface area contributed by atoms with Crippen molar-refractivity contribution >= 4 is 23.1 Å². The summed E-state index contributed by atoms with van der Waals surface area (Å²) in [4.78, 5) is 27.6. The minimum absolute atomic E-state index is 0.0350. The maximum atomic E-state index is 14.2.